The number of carbonyl (C=O) groups is 1. The Bertz CT molecular complexity index is 761. The molecule has 0 atom stereocenters. The maximum absolute atomic E-state index is 10.7. The van der Waals surface area contributed by atoms with Gasteiger partial charge in [-0.25, -0.2) is 4.79 Å². The van der Waals surface area contributed by atoms with Crippen molar-refractivity contribution in [3.05, 3.63) is 65.2 Å². The van der Waals surface area contributed by atoms with Gasteiger partial charge in [0.2, 0.25) is 0 Å². The smallest absolute Gasteiger partial charge is 0.328 e. The van der Waals surface area contributed by atoms with Crippen LogP contribution in [0.25, 0.3) is 6.08 Å². The number of rotatable bonds is 6. The van der Waals surface area contributed by atoms with E-state index in [-0.39, 0.29) is 0 Å². The molecular formula is C18H15NO4. The van der Waals surface area contributed by atoms with Crippen LogP contribution >= 0.6 is 0 Å². The number of hydrogen-bond acceptors (Lipinski definition) is 4. The van der Waals surface area contributed by atoms with Gasteiger partial charge in [-0.1, -0.05) is 30.3 Å². The third kappa shape index (κ3) is 4.35. The van der Waals surface area contributed by atoms with Gasteiger partial charge in [0, 0.05) is 12.1 Å². The lowest BCUT2D eigenvalue weighted by Gasteiger charge is -2.12. The van der Waals surface area contributed by atoms with E-state index in [0.29, 0.717) is 29.2 Å². The van der Waals surface area contributed by atoms with Gasteiger partial charge >= 0.3 is 5.97 Å². The first kappa shape index (κ1) is 16.1. The van der Waals surface area contributed by atoms with Crippen molar-refractivity contribution in [1.29, 1.82) is 5.26 Å². The Morgan fingerprint density at radius 3 is 2.61 bits per heavy atom. The first-order valence-electron chi connectivity index (χ1n) is 6.84. The molecule has 0 amide bonds. The molecule has 0 radical (unpaired) electrons. The summed E-state index contributed by atoms with van der Waals surface area (Å²) in [6, 6.07) is 14.7. The highest BCUT2D eigenvalue weighted by Gasteiger charge is 2.11. The summed E-state index contributed by atoms with van der Waals surface area (Å²) in [6.07, 6.45) is 2.33. The van der Waals surface area contributed by atoms with Gasteiger partial charge in [-0.15, -0.1) is 0 Å². The Balaban J connectivity index is 2.31. The number of carboxylic acids is 1. The molecule has 116 valence electrons. The monoisotopic (exact) mass is 309 g/mol. The maximum atomic E-state index is 10.7. The fourth-order valence-electron chi connectivity index (χ4n) is 1.98. The molecule has 2 aromatic rings. The van der Waals surface area contributed by atoms with Gasteiger partial charge in [-0.05, 0) is 23.3 Å². The highest BCUT2D eigenvalue weighted by molar-refractivity contribution is 5.86. The van der Waals surface area contributed by atoms with Crippen LogP contribution in [0.3, 0.4) is 0 Å². The zero-order valence-electron chi connectivity index (χ0n) is 12.5. The molecule has 5 heteroatoms. The standard InChI is InChI=1S/C18H15NO4/c1-22-16-10-15(11-19)14(7-8-18(20)21)9-17(16)23-12-13-5-3-2-4-6-13/h2-10H,12H2,1H3,(H,20,21). The van der Waals surface area contributed by atoms with Crippen molar-refractivity contribution in [1.82, 2.24) is 0 Å². The third-order valence-corrected chi connectivity index (χ3v) is 3.10. The Hall–Kier alpha value is -3.26. The lowest BCUT2D eigenvalue weighted by atomic mass is 10.1. The number of nitrogens with zero attached hydrogens (tertiary/aromatic N) is 1. The summed E-state index contributed by atoms with van der Waals surface area (Å²) in [5.74, 6) is -0.221. The first-order chi connectivity index (χ1) is 11.1. The molecule has 1 N–H and O–H groups in total. The van der Waals surface area contributed by atoms with Crippen LogP contribution < -0.4 is 9.47 Å². The molecule has 0 bridgehead atoms. The van der Waals surface area contributed by atoms with Crippen LogP contribution in [-0.2, 0) is 11.4 Å². The molecule has 23 heavy (non-hydrogen) atoms. The molecule has 0 saturated carbocycles. The van der Waals surface area contributed by atoms with Crippen molar-refractivity contribution in [2.24, 2.45) is 0 Å². The van der Waals surface area contributed by atoms with E-state index in [1.165, 1.54) is 19.3 Å². The second-order valence-electron chi connectivity index (χ2n) is 4.65. The summed E-state index contributed by atoms with van der Waals surface area (Å²) < 4.78 is 11.0. The summed E-state index contributed by atoms with van der Waals surface area (Å²) in [7, 11) is 1.48. The summed E-state index contributed by atoms with van der Waals surface area (Å²) in [5, 5.41) is 17.9. The van der Waals surface area contributed by atoms with E-state index in [1.54, 1.807) is 6.07 Å². The molecule has 0 unspecified atom stereocenters. The number of ether oxygens (including phenoxy) is 2. The molecule has 0 saturated heterocycles. The van der Waals surface area contributed by atoms with Crippen LogP contribution in [0, 0.1) is 11.3 Å². The second-order valence-corrected chi connectivity index (χ2v) is 4.65. The van der Waals surface area contributed by atoms with Gasteiger partial charge in [0.1, 0.15) is 6.61 Å². The van der Waals surface area contributed by atoms with Gasteiger partial charge in [-0.3, -0.25) is 0 Å². The molecule has 0 aromatic heterocycles. The van der Waals surface area contributed by atoms with Gasteiger partial charge in [0.15, 0.2) is 11.5 Å². The third-order valence-electron chi connectivity index (χ3n) is 3.10. The highest BCUT2D eigenvalue weighted by Crippen LogP contribution is 2.32. The Morgan fingerprint density at radius 1 is 1.26 bits per heavy atom. The lowest BCUT2D eigenvalue weighted by molar-refractivity contribution is -0.131. The van der Waals surface area contributed by atoms with Gasteiger partial charge in [0.05, 0.1) is 18.7 Å². The summed E-state index contributed by atoms with van der Waals surface area (Å²) in [6.45, 7) is 0.338. The van der Waals surface area contributed by atoms with Crippen molar-refractivity contribution >= 4 is 12.0 Å². The van der Waals surface area contributed by atoms with Crippen molar-refractivity contribution in [3.8, 4) is 17.6 Å². The van der Waals surface area contributed by atoms with E-state index in [1.807, 2.05) is 36.4 Å². The SMILES string of the molecule is COc1cc(C#N)c(C=CC(=O)O)cc1OCc1ccccc1. The number of methoxy groups -OCH3 is 1. The van der Waals surface area contributed by atoms with Crippen molar-refractivity contribution in [2.75, 3.05) is 7.11 Å². The van der Waals surface area contributed by atoms with Crippen molar-refractivity contribution in [2.45, 2.75) is 6.61 Å². The first-order valence-corrected chi connectivity index (χ1v) is 6.84. The zero-order valence-corrected chi connectivity index (χ0v) is 12.5. The molecule has 0 aliphatic heterocycles. The number of carboxylic acid groups (broad SMARTS) is 1. The fourth-order valence-corrected chi connectivity index (χ4v) is 1.98. The number of aliphatic carboxylic acids is 1. The number of benzene rings is 2. The minimum atomic E-state index is -1.09. The molecule has 5 nitrogen and oxygen atoms in total. The zero-order chi connectivity index (χ0) is 16.7. The van der Waals surface area contributed by atoms with E-state index in [0.717, 1.165) is 11.6 Å². The molecule has 0 spiro atoms. The molecule has 0 fully saturated rings. The molecule has 2 aromatic carbocycles. The molecule has 0 heterocycles. The Morgan fingerprint density at radius 2 is 2.00 bits per heavy atom. The summed E-state index contributed by atoms with van der Waals surface area (Å²) >= 11 is 0. The van der Waals surface area contributed by atoms with E-state index in [2.05, 4.69) is 0 Å². The van der Waals surface area contributed by atoms with Gasteiger partial charge in [0.25, 0.3) is 0 Å². The minimum absolute atomic E-state index is 0.311. The molecule has 2 rings (SSSR count). The van der Waals surface area contributed by atoms with Crippen LogP contribution in [-0.4, -0.2) is 18.2 Å². The van der Waals surface area contributed by atoms with Crippen LogP contribution in [0.4, 0.5) is 0 Å². The van der Waals surface area contributed by atoms with Gasteiger partial charge < -0.3 is 14.6 Å². The number of hydrogen-bond donors (Lipinski definition) is 1. The maximum Gasteiger partial charge on any atom is 0.328 e. The van der Waals surface area contributed by atoms with Crippen LogP contribution in [0.1, 0.15) is 16.7 Å². The normalized spacial score (nSPS) is 10.3. The van der Waals surface area contributed by atoms with Gasteiger partial charge in [-0.2, -0.15) is 5.26 Å². The quantitative estimate of drug-likeness (QED) is 0.829. The predicted octanol–water partition coefficient (Wildman–Crippen LogP) is 3.24. The predicted molar refractivity (Wildman–Crippen MR) is 85.2 cm³/mol. The topological polar surface area (TPSA) is 79.5 Å². The number of nitriles is 1. The fraction of sp³-hybridized carbons (Fsp3) is 0.111. The molecule has 0 aliphatic rings. The molecular weight excluding hydrogens is 294 g/mol. The van der Waals surface area contributed by atoms with E-state index in [9.17, 15) is 10.1 Å². The van der Waals surface area contributed by atoms with Crippen LogP contribution in [0.2, 0.25) is 0 Å². The Kier molecular flexibility index (Phi) is 5.37. The average Bonchev–Trinajstić information content (AvgIpc) is 2.58. The summed E-state index contributed by atoms with van der Waals surface area (Å²) in [4.78, 5) is 10.7. The second kappa shape index (κ2) is 7.66. The lowest BCUT2D eigenvalue weighted by Crippen LogP contribution is -1.99. The summed E-state index contributed by atoms with van der Waals surface area (Å²) in [5.41, 5.74) is 1.76. The largest absolute Gasteiger partial charge is 0.493 e. The average molecular weight is 309 g/mol. The van der Waals surface area contributed by atoms with Crippen molar-refractivity contribution in [3.63, 3.8) is 0 Å². The van der Waals surface area contributed by atoms with Crippen LogP contribution in [0.5, 0.6) is 11.5 Å². The van der Waals surface area contributed by atoms with E-state index in [4.69, 9.17) is 14.6 Å². The van der Waals surface area contributed by atoms with Crippen LogP contribution in [0.15, 0.2) is 48.5 Å². The van der Waals surface area contributed by atoms with E-state index >= 15 is 0 Å². The molecule has 0 aliphatic carbocycles. The minimum Gasteiger partial charge on any atom is -0.493 e. The Labute approximate surface area is 134 Å². The van der Waals surface area contributed by atoms with Crippen molar-refractivity contribution < 1.29 is 19.4 Å². The van der Waals surface area contributed by atoms with E-state index < -0.39 is 5.97 Å². The highest BCUT2D eigenvalue weighted by atomic mass is 16.5.